The molecular formula is C15H24N2O2. The van der Waals surface area contributed by atoms with E-state index in [1.54, 1.807) is 14.1 Å². The molecule has 0 radical (unpaired) electrons. The fourth-order valence-electron chi connectivity index (χ4n) is 1.48. The highest BCUT2D eigenvalue weighted by molar-refractivity contribution is 5.77. The second-order valence-electron chi connectivity index (χ2n) is 5.25. The van der Waals surface area contributed by atoms with Gasteiger partial charge in [0.05, 0.1) is 0 Å². The first-order valence-electron chi connectivity index (χ1n) is 6.61. The summed E-state index contributed by atoms with van der Waals surface area (Å²) in [6.07, 6.45) is 0. The minimum atomic E-state index is -0.0392. The first kappa shape index (κ1) is 15.5. The first-order chi connectivity index (χ1) is 8.99. The Hall–Kier alpha value is -1.55. The Bertz CT molecular complexity index is 386. The normalized spacial score (nSPS) is 10.6. The van der Waals surface area contributed by atoms with Gasteiger partial charge in [0.2, 0.25) is 0 Å². The van der Waals surface area contributed by atoms with Gasteiger partial charge in [-0.2, -0.15) is 0 Å². The Labute approximate surface area is 115 Å². The molecule has 4 heteroatoms. The van der Waals surface area contributed by atoms with E-state index in [0.717, 1.165) is 18.8 Å². The Morgan fingerprint density at radius 2 is 1.89 bits per heavy atom. The number of rotatable bonds is 7. The second-order valence-corrected chi connectivity index (χ2v) is 5.25. The molecule has 0 heterocycles. The third-order valence-corrected chi connectivity index (χ3v) is 2.67. The number of nitrogens with zero attached hydrogens (tertiary/aromatic N) is 1. The molecule has 0 saturated heterocycles. The van der Waals surface area contributed by atoms with Gasteiger partial charge in [-0.25, -0.2) is 0 Å². The summed E-state index contributed by atoms with van der Waals surface area (Å²) < 4.78 is 5.42. The lowest BCUT2D eigenvalue weighted by atomic mass is 10.2. The van der Waals surface area contributed by atoms with Crippen molar-refractivity contribution in [1.82, 2.24) is 10.2 Å². The zero-order valence-electron chi connectivity index (χ0n) is 12.3. The van der Waals surface area contributed by atoms with Gasteiger partial charge < -0.3 is 15.0 Å². The number of likely N-dealkylation sites (N-methyl/N-ethyl adjacent to an activating group) is 1. The van der Waals surface area contributed by atoms with E-state index in [4.69, 9.17) is 4.74 Å². The molecule has 0 aliphatic heterocycles. The molecular weight excluding hydrogens is 240 g/mol. The van der Waals surface area contributed by atoms with Gasteiger partial charge in [-0.15, -0.1) is 0 Å². The minimum Gasteiger partial charge on any atom is -0.484 e. The molecule has 1 aromatic rings. The number of ether oxygens (including phenoxy) is 1. The minimum absolute atomic E-state index is 0.0392. The van der Waals surface area contributed by atoms with Crippen molar-refractivity contribution in [1.29, 1.82) is 0 Å². The number of carbonyl (C=O) groups excluding carboxylic acids is 1. The zero-order chi connectivity index (χ0) is 14.3. The van der Waals surface area contributed by atoms with Crippen LogP contribution in [0.5, 0.6) is 5.75 Å². The third-order valence-electron chi connectivity index (χ3n) is 2.67. The van der Waals surface area contributed by atoms with Crippen LogP contribution in [0.3, 0.4) is 0 Å². The molecule has 1 aromatic carbocycles. The van der Waals surface area contributed by atoms with E-state index in [0.29, 0.717) is 5.92 Å². The van der Waals surface area contributed by atoms with Crippen LogP contribution >= 0.6 is 0 Å². The molecule has 0 atom stereocenters. The summed E-state index contributed by atoms with van der Waals surface area (Å²) in [5.41, 5.74) is 1.21. The Balaban J connectivity index is 2.37. The van der Waals surface area contributed by atoms with Crippen LogP contribution in [0.2, 0.25) is 0 Å². The molecule has 0 aromatic heterocycles. The predicted molar refractivity (Wildman–Crippen MR) is 77.2 cm³/mol. The van der Waals surface area contributed by atoms with Crippen LogP contribution in [0.25, 0.3) is 0 Å². The third kappa shape index (κ3) is 6.25. The van der Waals surface area contributed by atoms with Crippen LogP contribution in [0.1, 0.15) is 19.4 Å². The van der Waals surface area contributed by atoms with Crippen LogP contribution in [0.15, 0.2) is 24.3 Å². The number of amides is 1. The number of benzene rings is 1. The van der Waals surface area contributed by atoms with E-state index in [-0.39, 0.29) is 12.5 Å². The molecule has 0 saturated carbocycles. The van der Waals surface area contributed by atoms with E-state index < -0.39 is 0 Å². The van der Waals surface area contributed by atoms with Crippen molar-refractivity contribution in [2.24, 2.45) is 5.92 Å². The summed E-state index contributed by atoms with van der Waals surface area (Å²) in [6.45, 7) is 6.32. The van der Waals surface area contributed by atoms with Crippen molar-refractivity contribution < 1.29 is 9.53 Å². The van der Waals surface area contributed by atoms with Crippen LogP contribution in [-0.2, 0) is 11.3 Å². The standard InChI is InChI=1S/C15H24N2O2/c1-12(2)9-16-10-13-5-7-14(8-6-13)19-11-15(18)17(3)4/h5-8,12,16H,9-11H2,1-4H3. The van der Waals surface area contributed by atoms with E-state index in [1.807, 2.05) is 24.3 Å². The van der Waals surface area contributed by atoms with Crippen molar-refractivity contribution in [2.45, 2.75) is 20.4 Å². The highest BCUT2D eigenvalue weighted by Crippen LogP contribution is 2.12. The molecule has 0 aliphatic rings. The van der Waals surface area contributed by atoms with Gasteiger partial charge in [0.15, 0.2) is 6.61 Å². The monoisotopic (exact) mass is 264 g/mol. The van der Waals surface area contributed by atoms with E-state index in [2.05, 4.69) is 19.2 Å². The van der Waals surface area contributed by atoms with Gasteiger partial charge in [-0.3, -0.25) is 4.79 Å². The number of nitrogens with one attached hydrogen (secondary N) is 1. The largest absolute Gasteiger partial charge is 0.484 e. The van der Waals surface area contributed by atoms with E-state index in [1.165, 1.54) is 10.5 Å². The SMILES string of the molecule is CC(C)CNCc1ccc(OCC(=O)N(C)C)cc1. The van der Waals surface area contributed by atoms with E-state index >= 15 is 0 Å². The van der Waals surface area contributed by atoms with Crippen LogP contribution in [-0.4, -0.2) is 38.1 Å². The van der Waals surface area contributed by atoms with Crippen LogP contribution in [0.4, 0.5) is 0 Å². The van der Waals surface area contributed by atoms with Crippen molar-refractivity contribution >= 4 is 5.91 Å². The molecule has 4 nitrogen and oxygen atoms in total. The quantitative estimate of drug-likeness (QED) is 0.818. The summed E-state index contributed by atoms with van der Waals surface area (Å²) in [5, 5.41) is 3.38. The maximum atomic E-state index is 11.4. The number of hydrogen-bond acceptors (Lipinski definition) is 3. The highest BCUT2D eigenvalue weighted by atomic mass is 16.5. The van der Waals surface area contributed by atoms with Gasteiger partial charge in [0.1, 0.15) is 5.75 Å². The lowest BCUT2D eigenvalue weighted by Crippen LogP contribution is -2.27. The molecule has 0 fully saturated rings. The summed E-state index contributed by atoms with van der Waals surface area (Å²) >= 11 is 0. The molecule has 19 heavy (non-hydrogen) atoms. The van der Waals surface area contributed by atoms with Gasteiger partial charge in [-0.1, -0.05) is 26.0 Å². The van der Waals surface area contributed by atoms with Crippen LogP contribution < -0.4 is 10.1 Å². The predicted octanol–water partition coefficient (Wildman–Crippen LogP) is 1.90. The summed E-state index contributed by atoms with van der Waals surface area (Å²) in [4.78, 5) is 12.9. The summed E-state index contributed by atoms with van der Waals surface area (Å²) in [6, 6.07) is 7.83. The fraction of sp³-hybridized carbons (Fsp3) is 0.533. The molecule has 0 unspecified atom stereocenters. The van der Waals surface area contributed by atoms with Gasteiger partial charge in [0, 0.05) is 20.6 Å². The fourth-order valence-corrected chi connectivity index (χ4v) is 1.48. The van der Waals surface area contributed by atoms with Crippen molar-refractivity contribution in [3.05, 3.63) is 29.8 Å². The van der Waals surface area contributed by atoms with Gasteiger partial charge >= 0.3 is 0 Å². The topological polar surface area (TPSA) is 41.6 Å². The van der Waals surface area contributed by atoms with Gasteiger partial charge in [-0.05, 0) is 30.2 Å². The summed E-state index contributed by atoms with van der Waals surface area (Å²) in [7, 11) is 3.43. The average Bonchev–Trinajstić information content (AvgIpc) is 2.37. The molecule has 1 N–H and O–H groups in total. The molecule has 0 spiro atoms. The van der Waals surface area contributed by atoms with E-state index in [9.17, 15) is 4.79 Å². The smallest absolute Gasteiger partial charge is 0.259 e. The molecule has 0 aliphatic carbocycles. The average molecular weight is 264 g/mol. The maximum Gasteiger partial charge on any atom is 0.259 e. The zero-order valence-corrected chi connectivity index (χ0v) is 12.3. The first-order valence-corrected chi connectivity index (χ1v) is 6.61. The maximum absolute atomic E-state index is 11.4. The lowest BCUT2D eigenvalue weighted by molar-refractivity contribution is -0.130. The summed E-state index contributed by atoms with van der Waals surface area (Å²) in [5.74, 6) is 1.34. The Kier molecular flexibility index (Phi) is 6.36. The molecule has 1 rings (SSSR count). The molecule has 0 bridgehead atoms. The lowest BCUT2D eigenvalue weighted by Gasteiger charge is -2.12. The molecule has 1 amide bonds. The van der Waals surface area contributed by atoms with Crippen molar-refractivity contribution in [2.75, 3.05) is 27.2 Å². The number of carbonyl (C=O) groups is 1. The van der Waals surface area contributed by atoms with Gasteiger partial charge in [0.25, 0.3) is 5.91 Å². The van der Waals surface area contributed by atoms with Crippen molar-refractivity contribution in [3.63, 3.8) is 0 Å². The second kappa shape index (κ2) is 7.79. The number of hydrogen-bond donors (Lipinski definition) is 1. The van der Waals surface area contributed by atoms with Crippen LogP contribution in [0, 0.1) is 5.92 Å². The Morgan fingerprint density at radius 3 is 2.42 bits per heavy atom. The van der Waals surface area contributed by atoms with Crippen molar-refractivity contribution in [3.8, 4) is 5.75 Å². The Morgan fingerprint density at radius 1 is 1.26 bits per heavy atom. The molecule has 106 valence electrons. The highest BCUT2D eigenvalue weighted by Gasteiger charge is 2.04.